The number of carbonyl (C=O) groups excluding carboxylic acids is 1. The summed E-state index contributed by atoms with van der Waals surface area (Å²) in [6.45, 7) is 8.48. The van der Waals surface area contributed by atoms with Crippen LogP contribution in [0, 0.1) is 0 Å². The molecule has 1 aromatic carbocycles. The zero-order chi connectivity index (χ0) is 18.8. The third-order valence-corrected chi connectivity index (χ3v) is 4.68. The van der Waals surface area contributed by atoms with Gasteiger partial charge in [-0.05, 0) is 30.0 Å². The van der Waals surface area contributed by atoms with E-state index in [1.165, 1.54) is 5.56 Å². The number of rotatable bonds is 4. The summed E-state index contributed by atoms with van der Waals surface area (Å²) in [6.07, 6.45) is -0.612. The van der Waals surface area contributed by atoms with E-state index in [2.05, 4.69) is 20.8 Å². The van der Waals surface area contributed by atoms with Gasteiger partial charge >= 0.3 is 5.97 Å². The van der Waals surface area contributed by atoms with Crippen molar-refractivity contribution in [1.82, 2.24) is 4.90 Å². The Kier molecular flexibility index (Phi) is 5.42. The van der Waals surface area contributed by atoms with Crippen LogP contribution in [0.2, 0.25) is 0 Å². The Hall–Kier alpha value is -2.08. The predicted molar refractivity (Wildman–Crippen MR) is 93.6 cm³/mol. The van der Waals surface area contributed by atoms with Gasteiger partial charge in [-0.25, -0.2) is 4.79 Å². The van der Waals surface area contributed by atoms with Gasteiger partial charge in [0.2, 0.25) is 0 Å². The molecule has 1 unspecified atom stereocenters. The number of hydrogen-bond acceptors (Lipinski definition) is 4. The first-order valence-corrected chi connectivity index (χ1v) is 8.55. The molecule has 6 nitrogen and oxygen atoms in total. The number of hydrogen-bond donors (Lipinski definition) is 2. The number of aliphatic hydroxyl groups is 1. The number of carboxylic acid groups (broad SMARTS) is 1. The van der Waals surface area contributed by atoms with Crippen molar-refractivity contribution in [3.05, 3.63) is 29.8 Å². The molecule has 0 aliphatic carbocycles. The number of amides is 1. The molecule has 6 heteroatoms. The van der Waals surface area contributed by atoms with E-state index < -0.39 is 17.7 Å². The molecule has 1 aromatic rings. The van der Waals surface area contributed by atoms with Crippen molar-refractivity contribution in [3.63, 3.8) is 0 Å². The average Bonchev–Trinajstić information content (AvgIpc) is 2.54. The molecule has 0 saturated carbocycles. The second-order valence-corrected chi connectivity index (χ2v) is 7.70. The molecule has 1 atom stereocenters. The largest absolute Gasteiger partial charge is 0.481 e. The highest BCUT2D eigenvalue weighted by molar-refractivity contribution is 5.82. The second-order valence-electron chi connectivity index (χ2n) is 7.70. The van der Waals surface area contributed by atoms with Gasteiger partial charge in [0.05, 0.1) is 0 Å². The quantitative estimate of drug-likeness (QED) is 0.870. The standard InChI is InChI=1S/C19H27NO5/c1-13(25-15-7-5-14(6-8-15)18(2,3)4)16(21)20-11-9-19(24,10-12-20)17(22)23/h5-8,13,24H,9-12H2,1-4H3,(H,22,23). The summed E-state index contributed by atoms with van der Waals surface area (Å²) in [5.74, 6) is -0.817. The van der Waals surface area contributed by atoms with E-state index in [4.69, 9.17) is 9.84 Å². The Morgan fingerprint density at radius 1 is 1.16 bits per heavy atom. The lowest BCUT2D eigenvalue weighted by Crippen LogP contribution is -2.53. The first-order valence-electron chi connectivity index (χ1n) is 8.55. The molecule has 2 rings (SSSR count). The van der Waals surface area contributed by atoms with Crippen LogP contribution < -0.4 is 4.74 Å². The zero-order valence-electron chi connectivity index (χ0n) is 15.3. The van der Waals surface area contributed by atoms with Gasteiger partial charge in [-0.15, -0.1) is 0 Å². The van der Waals surface area contributed by atoms with Crippen LogP contribution in [0.25, 0.3) is 0 Å². The lowest BCUT2D eigenvalue weighted by atomic mass is 9.87. The van der Waals surface area contributed by atoms with E-state index in [1.807, 2.05) is 24.3 Å². The minimum Gasteiger partial charge on any atom is -0.481 e. The van der Waals surface area contributed by atoms with E-state index in [9.17, 15) is 14.7 Å². The van der Waals surface area contributed by atoms with Crippen molar-refractivity contribution in [3.8, 4) is 5.75 Å². The summed E-state index contributed by atoms with van der Waals surface area (Å²) >= 11 is 0. The summed E-state index contributed by atoms with van der Waals surface area (Å²) < 4.78 is 5.73. The Morgan fingerprint density at radius 2 is 1.68 bits per heavy atom. The fourth-order valence-corrected chi connectivity index (χ4v) is 2.86. The SMILES string of the molecule is CC(Oc1ccc(C(C)(C)C)cc1)C(=O)N1CCC(O)(C(=O)O)CC1. The van der Waals surface area contributed by atoms with Crippen molar-refractivity contribution in [2.75, 3.05) is 13.1 Å². The van der Waals surface area contributed by atoms with Crippen molar-refractivity contribution < 1.29 is 24.5 Å². The van der Waals surface area contributed by atoms with Crippen molar-refractivity contribution in [1.29, 1.82) is 0 Å². The summed E-state index contributed by atoms with van der Waals surface area (Å²) in [7, 11) is 0. The Balaban J connectivity index is 1.94. The molecular formula is C19H27NO5. The first-order chi connectivity index (χ1) is 11.5. The third-order valence-electron chi connectivity index (χ3n) is 4.68. The van der Waals surface area contributed by atoms with Crippen LogP contribution in [0.1, 0.15) is 46.1 Å². The van der Waals surface area contributed by atoms with Crippen LogP contribution in [0.3, 0.4) is 0 Å². The van der Waals surface area contributed by atoms with Gasteiger partial charge in [0, 0.05) is 25.9 Å². The maximum Gasteiger partial charge on any atom is 0.335 e. The molecule has 0 radical (unpaired) electrons. The molecule has 1 fully saturated rings. The molecule has 1 amide bonds. The second kappa shape index (κ2) is 7.04. The maximum atomic E-state index is 12.5. The van der Waals surface area contributed by atoms with E-state index >= 15 is 0 Å². The van der Waals surface area contributed by atoms with Crippen molar-refractivity contribution in [2.24, 2.45) is 0 Å². The molecule has 2 N–H and O–H groups in total. The molecule has 1 aliphatic rings. The minimum atomic E-state index is -1.73. The number of benzene rings is 1. The van der Waals surface area contributed by atoms with Gasteiger partial charge < -0.3 is 19.8 Å². The van der Waals surface area contributed by atoms with Gasteiger partial charge in [0.25, 0.3) is 5.91 Å². The number of likely N-dealkylation sites (tertiary alicyclic amines) is 1. The van der Waals surface area contributed by atoms with Crippen LogP contribution in [0.4, 0.5) is 0 Å². The maximum absolute atomic E-state index is 12.5. The smallest absolute Gasteiger partial charge is 0.335 e. The topological polar surface area (TPSA) is 87.1 Å². The Labute approximate surface area is 148 Å². The molecule has 0 bridgehead atoms. The summed E-state index contributed by atoms with van der Waals surface area (Å²) in [4.78, 5) is 25.1. The predicted octanol–water partition coefficient (Wildman–Crippen LogP) is 2.19. The number of carbonyl (C=O) groups is 2. The highest BCUT2D eigenvalue weighted by atomic mass is 16.5. The fraction of sp³-hybridized carbons (Fsp3) is 0.579. The van der Waals surface area contributed by atoms with Gasteiger partial charge in [0.1, 0.15) is 5.75 Å². The van der Waals surface area contributed by atoms with Gasteiger partial charge in [-0.1, -0.05) is 32.9 Å². The van der Waals surface area contributed by atoms with E-state index in [0.29, 0.717) is 5.75 Å². The van der Waals surface area contributed by atoms with Gasteiger partial charge in [-0.2, -0.15) is 0 Å². The molecule has 138 valence electrons. The molecular weight excluding hydrogens is 322 g/mol. The van der Waals surface area contributed by atoms with E-state index in [0.717, 1.165) is 0 Å². The summed E-state index contributed by atoms with van der Waals surface area (Å²) in [6, 6.07) is 7.67. The van der Waals surface area contributed by atoms with Crippen LogP contribution in [-0.4, -0.2) is 51.8 Å². The number of piperidine rings is 1. The molecule has 0 spiro atoms. The van der Waals surface area contributed by atoms with Crippen LogP contribution >= 0.6 is 0 Å². The molecule has 25 heavy (non-hydrogen) atoms. The van der Waals surface area contributed by atoms with Crippen molar-refractivity contribution in [2.45, 2.75) is 57.7 Å². The number of aliphatic carboxylic acids is 1. The Morgan fingerprint density at radius 3 is 2.12 bits per heavy atom. The van der Waals surface area contributed by atoms with Crippen LogP contribution in [0.15, 0.2) is 24.3 Å². The van der Waals surface area contributed by atoms with Crippen LogP contribution in [-0.2, 0) is 15.0 Å². The number of nitrogens with zero attached hydrogens (tertiary/aromatic N) is 1. The van der Waals surface area contributed by atoms with Crippen LogP contribution in [0.5, 0.6) is 5.75 Å². The van der Waals surface area contributed by atoms with Crippen molar-refractivity contribution >= 4 is 11.9 Å². The Bertz CT molecular complexity index is 624. The van der Waals surface area contributed by atoms with Gasteiger partial charge in [0.15, 0.2) is 11.7 Å². The lowest BCUT2D eigenvalue weighted by Gasteiger charge is -2.36. The molecule has 0 aromatic heterocycles. The monoisotopic (exact) mass is 349 g/mol. The number of ether oxygens (including phenoxy) is 1. The molecule has 1 saturated heterocycles. The highest BCUT2D eigenvalue weighted by Crippen LogP contribution is 2.26. The lowest BCUT2D eigenvalue weighted by molar-refractivity contribution is -0.166. The van der Waals surface area contributed by atoms with E-state index in [1.54, 1.807) is 11.8 Å². The highest BCUT2D eigenvalue weighted by Gasteiger charge is 2.41. The minimum absolute atomic E-state index is 0.0288. The normalized spacial score (nSPS) is 18.5. The average molecular weight is 349 g/mol. The van der Waals surface area contributed by atoms with Gasteiger partial charge in [-0.3, -0.25) is 4.79 Å². The number of carboxylic acids is 1. The molecule has 1 heterocycles. The van der Waals surface area contributed by atoms with E-state index in [-0.39, 0.29) is 37.3 Å². The molecule has 1 aliphatic heterocycles. The summed E-state index contributed by atoms with van der Waals surface area (Å²) in [5, 5.41) is 19.0. The third kappa shape index (κ3) is 4.51. The zero-order valence-corrected chi connectivity index (χ0v) is 15.3. The summed E-state index contributed by atoms with van der Waals surface area (Å²) in [5.41, 5.74) is -0.499. The first kappa shape index (κ1) is 19.2. The fourth-order valence-electron chi connectivity index (χ4n) is 2.86.